The van der Waals surface area contributed by atoms with Crippen LogP contribution in [0.4, 0.5) is 13.2 Å². The minimum atomic E-state index is -0.942. The Morgan fingerprint density at radius 2 is 1.89 bits per heavy atom. The number of halogens is 3. The van der Waals surface area contributed by atoms with Gasteiger partial charge in [0.1, 0.15) is 5.82 Å². The second-order valence-electron chi connectivity index (χ2n) is 3.92. The zero-order valence-corrected chi connectivity index (χ0v) is 9.41. The van der Waals surface area contributed by atoms with E-state index in [1.807, 2.05) is 0 Å². The van der Waals surface area contributed by atoms with E-state index in [-0.39, 0.29) is 17.5 Å². The van der Waals surface area contributed by atoms with Crippen LogP contribution in [0.15, 0.2) is 36.7 Å². The van der Waals surface area contributed by atoms with Crippen molar-refractivity contribution in [2.75, 3.05) is 0 Å². The number of benzene rings is 1. The molecule has 94 valence electrons. The Labute approximate surface area is 102 Å². The van der Waals surface area contributed by atoms with Gasteiger partial charge in [-0.05, 0) is 24.1 Å². The molecule has 2 nitrogen and oxygen atoms in total. The lowest BCUT2D eigenvalue weighted by molar-refractivity contribution is 0.492. The number of hydrogen-bond donors (Lipinski definition) is 1. The topological polar surface area (TPSA) is 38.9 Å². The van der Waals surface area contributed by atoms with E-state index in [0.29, 0.717) is 0 Å². The van der Waals surface area contributed by atoms with Crippen LogP contribution in [0.1, 0.15) is 17.2 Å². The van der Waals surface area contributed by atoms with Crippen molar-refractivity contribution < 1.29 is 13.2 Å². The summed E-state index contributed by atoms with van der Waals surface area (Å²) < 4.78 is 39.9. The number of aromatic nitrogens is 1. The van der Waals surface area contributed by atoms with Crippen LogP contribution in [-0.4, -0.2) is 4.98 Å². The van der Waals surface area contributed by atoms with Crippen molar-refractivity contribution in [1.82, 2.24) is 4.98 Å². The Kier molecular flexibility index (Phi) is 3.62. The van der Waals surface area contributed by atoms with Gasteiger partial charge in [0.05, 0.1) is 6.20 Å². The van der Waals surface area contributed by atoms with Crippen molar-refractivity contribution in [3.8, 4) is 0 Å². The summed E-state index contributed by atoms with van der Waals surface area (Å²) in [7, 11) is 0. The van der Waals surface area contributed by atoms with Gasteiger partial charge < -0.3 is 5.73 Å². The van der Waals surface area contributed by atoms with E-state index in [2.05, 4.69) is 4.98 Å². The van der Waals surface area contributed by atoms with Crippen LogP contribution in [0.2, 0.25) is 0 Å². The molecular formula is C13H11F3N2. The third-order valence-electron chi connectivity index (χ3n) is 2.67. The first-order valence-corrected chi connectivity index (χ1v) is 5.37. The summed E-state index contributed by atoms with van der Waals surface area (Å²) in [6.07, 6.45) is 2.46. The zero-order valence-electron chi connectivity index (χ0n) is 9.41. The van der Waals surface area contributed by atoms with E-state index >= 15 is 0 Å². The summed E-state index contributed by atoms with van der Waals surface area (Å²) in [4.78, 5) is 3.60. The van der Waals surface area contributed by atoms with E-state index < -0.39 is 23.5 Å². The van der Waals surface area contributed by atoms with Gasteiger partial charge in [0.25, 0.3) is 0 Å². The normalized spacial score (nSPS) is 12.4. The summed E-state index contributed by atoms with van der Waals surface area (Å²) in [5, 5.41) is 0. The number of pyridine rings is 1. The molecule has 2 aromatic rings. The van der Waals surface area contributed by atoms with Crippen LogP contribution in [0.3, 0.4) is 0 Å². The molecule has 1 atom stereocenters. The van der Waals surface area contributed by atoms with Gasteiger partial charge in [-0.3, -0.25) is 4.98 Å². The molecule has 1 unspecified atom stereocenters. The average Bonchev–Trinajstić information content (AvgIpc) is 2.35. The highest BCUT2D eigenvalue weighted by Crippen LogP contribution is 2.21. The maximum atomic E-state index is 13.4. The van der Waals surface area contributed by atoms with Crippen molar-refractivity contribution in [3.63, 3.8) is 0 Å². The minimum absolute atomic E-state index is 0.0184. The fourth-order valence-electron chi connectivity index (χ4n) is 1.74. The minimum Gasteiger partial charge on any atom is -0.324 e. The molecule has 5 heteroatoms. The van der Waals surface area contributed by atoms with Crippen LogP contribution in [-0.2, 0) is 6.42 Å². The molecule has 0 saturated heterocycles. The Balaban J connectivity index is 2.24. The molecule has 18 heavy (non-hydrogen) atoms. The summed E-state index contributed by atoms with van der Waals surface area (Å²) in [5.41, 5.74) is 6.14. The van der Waals surface area contributed by atoms with Gasteiger partial charge in [-0.15, -0.1) is 0 Å². The standard InChI is InChI=1S/C13H11F3N2/c14-10-3-1-2-8(13(10)16)6-12(17)9-4-5-18-7-11(9)15/h1-5,7,12H,6,17H2. The van der Waals surface area contributed by atoms with Gasteiger partial charge in [0.15, 0.2) is 11.6 Å². The summed E-state index contributed by atoms with van der Waals surface area (Å²) >= 11 is 0. The van der Waals surface area contributed by atoms with Gasteiger partial charge in [0.2, 0.25) is 0 Å². The third-order valence-corrected chi connectivity index (χ3v) is 2.67. The number of hydrogen-bond acceptors (Lipinski definition) is 2. The SMILES string of the molecule is NC(Cc1cccc(F)c1F)c1ccncc1F. The average molecular weight is 252 g/mol. The first kappa shape index (κ1) is 12.6. The second kappa shape index (κ2) is 5.18. The lowest BCUT2D eigenvalue weighted by Crippen LogP contribution is -2.16. The van der Waals surface area contributed by atoms with Crippen molar-refractivity contribution >= 4 is 0 Å². The third kappa shape index (κ3) is 2.51. The Hall–Kier alpha value is -1.88. The van der Waals surface area contributed by atoms with Crippen LogP contribution in [0, 0.1) is 17.5 Å². The summed E-state index contributed by atoms with van der Waals surface area (Å²) in [6, 6.07) is 4.53. The summed E-state index contributed by atoms with van der Waals surface area (Å²) in [5.74, 6) is -2.43. The van der Waals surface area contributed by atoms with E-state index in [9.17, 15) is 13.2 Å². The quantitative estimate of drug-likeness (QED) is 0.912. The highest BCUT2D eigenvalue weighted by molar-refractivity contribution is 5.24. The van der Waals surface area contributed by atoms with Gasteiger partial charge in [-0.1, -0.05) is 12.1 Å². The molecule has 0 saturated carbocycles. The largest absolute Gasteiger partial charge is 0.324 e. The molecule has 0 radical (unpaired) electrons. The van der Waals surface area contributed by atoms with Crippen LogP contribution >= 0.6 is 0 Å². The molecule has 0 bridgehead atoms. The maximum absolute atomic E-state index is 13.4. The zero-order chi connectivity index (χ0) is 13.1. The van der Waals surface area contributed by atoms with Crippen LogP contribution in [0.25, 0.3) is 0 Å². The Bertz CT molecular complexity index is 558. The van der Waals surface area contributed by atoms with E-state index in [0.717, 1.165) is 12.3 Å². The van der Waals surface area contributed by atoms with Gasteiger partial charge in [0, 0.05) is 17.8 Å². The molecule has 1 aromatic heterocycles. The summed E-state index contributed by atoms with van der Waals surface area (Å²) in [6.45, 7) is 0. The van der Waals surface area contributed by atoms with Crippen molar-refractivity contribution in [3.05, 3.63) is 65.2 Å². The van der Waals surface area contributed by atoms with E-state index in [1.54, 1.807) is 0 Å². The lowest BCUT2D eigenvalue weighted by atomic mass is 10.00. The second-order valence-corrected chi connectivity index (χ2v) is 3.92. The molecule has 1 aromatic carbocycles. The smallest absolute Gasteiger partial charge is 0.162 e. The molecule has 0 aliphatic rings. The molecule has 2 rings (SSSR count). The molecule has 0 fully saturated rings. The lowest BCUT2D eigenvalue weighted by Gasteiger charge is -2.13. The molecule has 0 amide bonds. The van der Waals surface area contributed by atoms with Crippen molar-refractivity contribution in [2.45, 2.75) is 12.5 Å². The predicted octanol–water partition coefficient (Wildman–Crippen LogP) is 2.74. The van der Waals surface area contributed by atoms with Gasteiger partial charge in [-0.2, -0.15) is 0 Å². The van der Waals surface area contributed by atoms with Crippen LogP contribution < -0.4 is 5.73 Å². The monoisotopic (exact) mass is 252 g/mol. The van der Waals surface area contributed by atoms with Gasteiger partial charge in [-0.25, -0.2) is 13.2 Å². The Morgan fingerprint density at radius 1 is 1.11 bits per heavy atom. The molecule has 0 aliphatic heterocycles. The first-order chi connectivity index (χ1) is 8.59. The highest BCUT2D eigenvalue weighted by Gasteiger charge is 2.15. The fraction of sp³-hybridized carbons (Fsp3) is 0.154. The van der Waals surface area contributed by atoms with Crippen molar-refractivity contribution in [1.29, 1.82) is 0 Å². The van der Waals surface area contributed by atoms with E-state index in [1.165, 1.54) is 24.4 Å². The Morgan fingerprint density at radius 3 is 2.61 bits per heavy atom. The maximum Gasteiger partial charge on any atom is 0.162 e. The molecule has 1 heterocycles. The highest BCUT2D eigenvalue weighted by atomic mass is 19.2. The van der Waals surface area contributed by atoms with Crippen molar-refractivity contribution in [2.24, 2.45) is 5.73 Å². The molecule has 2 N–H and O–H groups in total. The molecular weight excluding hydrogens is 241 g/mol. The number of nitrogens with two attached hydrogens (primary N) is 1. The molecule has 0 aliphatic carbocycles. The van der Waals surface area contributed by atoms with Crippen LogP contribution in [0.5, 0.6) is 0 Å². The molecule has 0 spiro atoms. The predicted molar refractivity (Wildman–Crippen MR) is 61.2 cm³/mol. The number of nitrogens with zero attached hydrogens (tertiary/aromatic N) is 1. The number of rotatable bonds is 3. The first-order valence-electron chi connectivity index (χ1n) is 5.37. The fourth-order valence-corrected chi connectivity index (χ4v) is 1.74. The van der Waals surface area contributed by atoms with E-state index in [4.69, 9.17) is 5.73 Å². The van der Waals surface area contributed by atoms with Gasteiger partial charge >= 0.3 is 0 Å².